The number of alkyl halides is 1. The second-order valence-corrected chi connectivity index (χ2v) is 5.61. The van der Waals surface area contributed by atoms with Gasteiger partial charge >= 0.3 is 0 Å². The minimum atomic E-state index is 0.337. The van der Waals surface area contributed by atoms with E-state index >= 15 is 0 Å². The van der Waals surface area contributed by atoms with Gasteiger partial charge in [-0.25, -0.2) is 0 Å². The molecule has 1 heterocycles. The monoisotopic (exact) mass is 305 g/mol. The molecule has 0 radical (unpaired) electrons. The van der Waals surface area contributed by atoms with Crippen molar-refractivity contribution in [2.45, 2.75) is 37.7 Å². The number of nitrogens with one attached hydrogen (secondary N) is 1. The van der Waals surface area contributed by atoms with Crippen LogP contribution >= 0.6 is 22.6 Å². The second-order valence-electron chi connectivity index (χ2n) is 3.64. The zero-order chi connectivity index (χ0) is 10.9. The normalized spacial score (nSPS) is 15.2. The highest BCUT2D eigenvalue weighted by molar-refractivity contribution is 14.1. The maximum atomic E-state index is 7.91. The summed E-state index contributed by atoms with van der Waals surface area (Å²) in [5.41, 5.74) is 2.29. The van der Waals surface area contributed by atoms with E-state index in [9.17, 15) is 0 Å². The Hall–Kier alpha value is -0.390. The fraction of sp³-hybridized carbons (Fsp3) is 0.600. The molecule has 0 saturated carbocycles. The van der Waals surface area contributed by atoms with Crippen LogP contribution in [0.25, 0.3) is 0 Å². The van der Waals surface area contributed by atoms with Gasteiger partial charge in [-0.3, -0.25) is 10.4 Å². The van der Waals surface area contributed by atoms with Crippen LogP contribution in [0.5, 0.6) is 0 Å². The van der Waals surface area contributed by atoms with E-state index in [4.69, 9.17) is 5.41 Å². The highest BCUT2D eigenvalue weighted by atomic mass is 127. The van der Waals surface area contributed by atoms with Gasteiger partial charge in [-0.05, 0) is 20.8 Å². The Morgan fingerprint density at radius 2 is 2.00 bits per heavy atom. The molecule has 2 atom stereocenters. The van der Waals surface area contributed by atoms with Gasteiger partial charge in [0.05, 0.1) is 11.4 Å². The molecule has 0 aliphatic heterocycles. The first kappa shape index (κ1) is 11.7. The first-order valence-corrected chi connectivity index (χ1v) is 5.93. The smallest absolute Gasteiger partial charge is 0.146 e. The van der Waals surface area contributed by atoms with E-state index in [1.165, 1.54) is 0 Å². The average molecular weight is 305 g/mol. The third kappa shape index (κ3) is 2.34. The van der Waals surface area contributed by atoms with Crippen LogP contribution in [0.4, 0.5) is 0 Å². The van der Waals surface area contributed by atoms with Gasteiger partial charge in [0, 0.05) is 16.2 Å². The summed E-state index contributed by atoms with van der Waals surface area (Å²) in [5.74, 6) is 0. The van der Waals surface area contributed by atoms with Crippen molar-refractivity contribution in [1.82, 2.24) is 9.55 Å². The third-order valence-corrected chi connectivity index (χ3v) is 3.42. The molecule has 1 aromatic heterocycles. The molecule has 4 heteroatoms. The molecule has 78 valence electrons. The van der Waals surface area contributed by atoms with E-state index in [2.05, 4.69) is 41.4 Å². The Balaban J connectivity index is 3.27. The number of aromatic nitrogens is 2. The number of aryl methyl sites for hydroxylation is 2. The molecular formula is C10H16IN3. The zero-order valence-corrected chi connectivity index (χ0v) is 11.2. The molecule has 1 unspecified atom stereocenters. The van der Waals surface area contributed by atoms with Crippen LogP contribution in [0, 0.1) is 19.3 Å². The van der Waals surface area contributed by atoms with Crippen molar-refractivity contribution in [3.05, 3.63) is 23.1 Å². The topological polar surface area (TPSA) is 41.7 Å². The summed E-state index contributed by atoms with van der Waals surface area (Å²) >= 11 is 2.39. The largest absolute Gasteiger partial charge is 0.326 e. The molecule has 0 bridgehead atoms. The maximum absolute atomic E-state index is 7.91. The molecule has 0 aromatic carbocycles. The first-order chi connectivity index (χ1) is 6.43. The summed E-state index contributed by atoms with van der Waals surface area (Å²) < 4.78 is 2.50. The number of rotatable bonds is 2. The van der Waals surface area contributed by atoms with Crippen LogP contribution in [-0.4, -0.2) is 13.5 Å². The predicted molar refractivity (Wildman–Crippen MR) is 65.7 cm³/mol. The van der Waals surface area contributed by atoms with Crippen molar-refractivity contribution < 1.29 is 0 Å². The van der Waals surface area contributed by atoms with Crippen LogP contribution < -0.4 is 5.49 Å². The summed E-state index contributed by atoms with van der Waals surface area (Å²) in [6.45, 7) is 8.14. The zero-order valence-electron chi connectivity index (χ0n) is 9.00. The molecule has 0 aliphatic carbocycles. The van der Waals surface area contributed by atoms with Crippen LogP contribution in [0.15, 0.2) is 6.20 Å². The Morgan fingerprint density at radius 1 is 1.43 bits per heavy atom. The van der Waals surface area contributed by atoms with Crippen molar-refractivity contribution in [1.29, 1.82) is 5.41 Å². The van der Waals surface area contributed by atoms with Gasteiger partial charge in [-0.15, -0.1) is 0 Å². The maximum Gasteiger partial charge on any atom is 0.146 e. The molecule has 0 fully saturated rings. The SMILES string of the molecule is Cc1cn([C@@H](C)C(C)I)c(=N)c(C)n1. The van der Waals surface area contributed by atoms with Crippen LogP contribution in [0.1, 0.15) is 31.3 Å². The summed E-state index contributed by atoms with van der Waals surface area (Å²) in [7, 11) is 0. The standard InChI is InChI=1S/C10H16IN3/c1-6-5-14(9(4)7(2)11)10(12)8(3)13-6/h5,7,9,12H,1-4H3/t7?,9-/m0/s1. The van der Waals surface area contributed by atoms with Crippen LogP contribution in [0.2, 0.25) is 0 Å². The fourth-order valence-corrected chi connectivity index (χ4v) is 1.69. The molecule has 0 spiro atoms. The molecule has 14 heavy (non-hydrogen) atoms. The fourth-order valence-electron chi connectivity index (χ4n) is 1.34. The minimum absolute atomic E-state index is 0.337. The molecule has 1 N–H and O–H groups in total. The van der Waals surface area contributed by atoms with Gasteiger partial charge < -0.3 is 4.57 Å². The average Bonchev–Trinajstić information content (AvgIpc) is 2.09. The second kappa shape index (κ2) is 4.42. The number of nitrogens with zero attached hydrogens (tertiary/aromatic N) is 2. The summed E-state index contributed by atoms with van der Waals surface area (Å²) in [6.07, 6.45) is 1.95. The predicted octanol–water partition coefficient (Wildman–Crippen LogP) is 2.36. The van der Waals surface area contributed by atoms with Crippen LogP contribution in [-0.2, 0) is 0 Å². The number of hydrogen-bond donors (Lipinski definition) is 1. The van der Waals surface area contributed by atoms with Gasteiger partial charge in [-0.2, -0.15) is 0 Å². The van der Waals surface area contributed by atoms with Gasteiger partial charge in [0.2, 0.25) is 0 Å². The molecule has 0 amide bonds. The van der Waals surface area contributed by atoms with Crippen molar-refractivity contribution >= 4 is 22.6 Å². The number of halogens is 1. The van der Waals surface area contributed by atoms with E-state index in [1.54, 1.807) is 0 Å². The Morgan fingerprint density at radius 3 is 2.50 bits per heavy atom. The Labute approximate surface area is 98.2 Å². The molecule has 1 aromatic rings. The lowest BCUT2D eigenvalue weighted by Crippen LogP contribution is -2.29. The van der Waals surface area contributed by atoms with E-state index in [-0.39, 0.29) is 0 Å². The molecular weight excluding hydrogens is 289 g/mol. The first-order valence-electron chi connectivity index (χ1n) is 4.68. The molecule has 1 rings (SSSR count). The lowest BCUT2D eigenvalue weighted by molar-refractivity contribution is 0.516. The van der Waals surface area contributed by atoms with E-state index in [0.29, 0.717) is 15.5 Å². The van der Waals surface area contributed by atoms with Crippen molar-refractivity contribution in [2.24, 2.45) is 0 Å². The molecule has 3 nitrogen and oxygen atoms in total. The highest BCUT2D eigenvalue weighted by Crippen LogP contribution is 2.16. The van der Waals surface area contributed by atoms with Crippen molar-refractivity contribution in [3.8, 4) is 0 Å². The Bertz CT molecular complexity index is 381. The summed E-state index contributed by atoms with van der Waals surface area (Å²) in [4.78, 5) is 4.26. The molecule has 0 aliphatic rings. The highest BCUT2D eigenvalue weighted by Gasteiger charge is 2.12. The summed E-state index contributed by atoms with van der Waals surface area (Å²) in [6, 6.07) is 0.337. The van der Waals surface area contributed by atoms with Gasteiger partial charge in [0.1, 0.15) is 5.49 Å². The minimum Gasteiger partial charge on any atom is -0.326 e. The van der Waals surface area contributed by atoms with Gasteiger partial charge in [-0.1, -0.05) is 29.5 Å². The quantitative estimate of drug-likeness (QED) is 0.661. The Kier molecular flexibility index (Phi) is 3.69. The lowest BCUT2D eigenvalue weighted by Gasteiger charge is -2.19. The van der Waals surface area contributed by atoms with Gasteiger partial charge in [0.25, 0.3) is 0 Å². The van der Waals surface area contributed by atoms with Gasteiger partial charge in [0.15, 0.2) is 0 Å². The lowest BCUT2D eigenvalue weighted by atomic mass is 10.2. The van der Waals surface area contributed by atoms with E-state index in [1.807, 2.05) is 24.6 Å². The molecule has 0 saturated heterocycles. The van der Waals surface area contributed by atoms with Crippen molar-refractivity contribution in [2.75, 3.05) is 0 Å². The van der Waals surface area contributed by atoms with E-state index < -0.39 is 0 Å². The van der Waals surface area contributed by atoms with Crippen molar-refractivity contribution in [3.63, 3.8) is 0 Å². The number of hydrogen-bond acceptors (Lipinski definition) is 2. The van der Waals surface area contributed by atoms with Crippen LogP contribution in [0.3, 0.4) is 0 Å². The van der Waals surface area contributed by atoms with E-state index in [0.717, 1.165) is 11.4 Å². The summed E-state index contributed by atoms with van der Waals surface area (Å²) in [5, 5.41) is 7.91. The third-order valence-electron chi connectivity index (χ3n) is 2.37.